The molecule has 4 rings (SSSR count). The number of nitrogens with one attached hydrogen (secondary N) is 1. The Morgan fingerprint density at radius 3 is 2.19 bits per heavy atom. The first kappa shape index (κ1) is 21.6. The van der Waals surface area contributed by atoms with Crippen LogP contribution in [-0.2, 0) is 19.6 Å². The summed E-state index contributed by atoms with van der Waals surface area (Å²) in [7, 11) is 0. The summed E-state index contributed by atoms with van der Waals surface area (Å²) in [6.07, 6.45) is 2.60. The molecule has 3 aromatic rings. The second kappa shape index (κ2) is 9.67. The van der Waals surface area contributed by atoms with Crippen molar-refractivity contribution in [2.24, 2.45) is 0 Å². The molecule has 1 saturated heterocycles. The Morgan fingerprint density at radius 2 is 1.52 bits per heavy atom. The fourth-order valence-electron chi connectivity index (χ4n) is 4.01. The summed E-state index contributed by atoms with van der Waals surface area (Å²) in [5.74, 6) is -0.196. The molecule has 2 heterocycles. The van der Waals surface area contributed by atoms with E-state index in [0.717, 1.165) is 17.7 Å². The van der Waals surface area contributed by atoms with Crippen molar-refractivity contribution in [3.63, 3.8) is 0 Å². The molecule has 0 radical (unpaired) electrons. The largest absolute Gasteiger partial charge is 0.348 e. The molecule has 162 valence electrons. The number of rotatable bonds is 7. The average molecular weight is 437 g/mol. The predicted molar refractivity (Wildman–Crippen MR) is 124 cm³/mol. The molecule has 0 bridgehead atoms. The monoisotopic (exact) mass is 436 g/mol. The third-order valence-corrected chi connectivity index (χ3v) is 6.21. The molecular formula is C25H29ClN4O. The third kappa shape index (κ3) is 5.35. The van der Waals surface area contributed by atoms with Crippen molar-refractivity contribution in [2.45, 2.75) is 46.3 Å². The Balaban J connectivity index is 1.37. The summed E-state index contributed by atoms with van der Waals surface area (Å²) in [4.78, 5) is 15.3. The van der Waals surface area contributed by atoms with Gasteiger partial charge in [-0.1, -0.05) is 65.7 Å². The molecule has 1 N–H and O–H groups in total. The molecule has 31 heavy (non-hydrogen) atoms. The Bertz CT molecular complexity index is 1030. The van der Waals surface area contributed by atoms with Gasteiger partial charge in [0.15, 0.2) is 0 Å². The molecule has 1 aromatic heterocycles. The number of carbonyl (C=O) groups is 1. The fourth-order valence-corrected chi connectivity index (χ4v) is 4.33. The van der Waals surface area contributed by atoms with Gasteiger partial charge in [-0.05, 0) is 56.5 Å². The van der Waals surface area contributed by atoms with E-state index in [1.807, 2.05) is 6.92 Å². The van der Waals surface area contributed by atoms with E-state index >= 15 is 0 Å². The molecular weight excluding hydrogens is 408 g/mol. The van der Waals surface area contributed by atoms with Crippen molar-refractivity contribution in [3.8, 4) is 0 Å². The quantitative estimate of drug-likeness (QED) is 0.582. The molecule has 0 spiro atoms. The van der Waals surface area contributed by atoms with Gasteiger partial charge in [-0.3, -0.25) is 9.69 Å². The summed E-state index contributed by atoms with van der Waals surface area (Å²) in [6, 6.07) is 16.7. The Hall–Kier alpha value is -2.63. The zero-order valence-electron chi connectivity index (χ0n) is 18.2. The van der Waals surface area contributed by atoms with E-state index in [9.17, 15) is 4.79 Å². The van der Waals surface area contributed by atoms with Gasteiger partial charge in [0.2, 0.25) is 0 Å². The molecule has 1 amide bonds. The summed E-state index contributed by atoms with van der Waals surface area (Å²) < 4.78 is 1.68. The molecule has 0 atom stereocenters. The second-order valence-corrected chi connectivity index (χ2v) is 8.73. The van der Waals surface area contributed by atoms with Crippen molar-refractivity contribution in [1.29, 1.82) is 0 Å². The zero-order chi connectivity index (χ0) is 21.8. The number of halogens is 1. The maximum absolute atomic E-state index is 12.8. The summed E-state index contributed by atoms with van der Waals surface area (Å²) in [5.41, 5.74) is 5.76. The third-order valence-electron chi connectivity index (χ3n) is 5.83. The van der Waals surface area contributed by atoms with Crippen LogP contribution in [0, 0.1) is 13.8 Å². The summed E-state index contributed by atoms with van der Waals surface area (Å²) in [6.45, 7) is 8.25. The first-order valence-electron chi connectivity index (χ1n) is 10.9. The summed E-state index contributed by atoms with van der Waals surface area (Å²) >= 11 is 6.52. The number of hydrogen-bond donors (Lipinski definition) is 1. The number of benzene rings is 2. The number of hydrogen-bond acceptors (Lipinski definition) is 3. The first-order chi connectivity index (χ1) is 15.0. The highest BCUT2D eigenvalue weighted by Crippen LogP contribution is 2.21. The van der Waals surface area contributed by atoms with Crippen molar-refractivity contribution in [1.82, 2.24) is 20.0 Å². The molecule has 1 aliphatic rings. The second-order valence-electron chi connectivity index (χ2n) is 8.38. The van der Waals surface area contributed by atoms with Crippen LogP contribution in [0.3, 0.4) is 0 Å². The maximum atomic E-state index is 12.8. The van der Waals surface area contributed by atoms with E-state index in [4.69, 9.17) is 11.6 Å². The van der Waals surface area contributed by atoms with Gasteiger partial charge in [-0.2, -0.15) is 5.10 Å². The van der Waals surface area contributed by atoms with Crippen LogP contribution >= 0.6 is 11.6 Å². The van der Waals surface area contributed by atoms with E-state index in [0.29, 0.717) is 29.5 Å². The average Bonchev–Trinajstić information content (AvgIpc) is 3.36. The number of carbonyl (C=O) groups excluding carboxylic acids is 1. The van der Waals surface area contributed by atoms with E-state index in [-0.39, 0.29) is 5.91 Å². The lowest BCUT2D eigenvalue weighted by Crippen LogP contribution is -2.23. The van der Waals surface area contributed by atoms with Crippen molar-refractivity contribution in [2.75, 3.05) is 13.1 Å². The van der Waals surface area contributed by atoms with Crippen LogP contribution in [0.4, 0.5) is 0 Å². The number of likely N-dealkylation sites (tertiary alicyclic amines) is 1. The van der Waals surface area contributed by atoms with Gasteiger partial charge in [-0.15, -0.1) is 0 Å². The van der Waals surface area contributed by atoms with Gasteiger partial charge in [-0.25, -0.2) is 4.68 Å². The highest BCUT2D eigenvalue weighted by molar-refractivity contribution is 6.33. The molecule has 1 fully saturated rings. The molecule has 0 saturated carbocycles. The summed E-state index contributed by atoms with van der Waals surface area (Å²) in [5, 5.41) is 7.84. The topological polar surface area (TPSA) is 50.2 Å². The van der Waals surface area contributed by atoms with Crippen molar-refractivity contribution in [3.05, 3.63) is 87.2 Å². The normalized spacial score (nSPS) is 14.2. The van der Waals surface area contributed by atoms with E-state index < -0.39 is 0 Å². The molecule has 0 unspecified atom stereocenters. The lowest BCUT2D eigenvalue weighted by Gasteiger charge is -2.14. The van der Waals surface area contributed by atoms with Gasteiger partial charge in [0.05, 0.1) is 17.8 Å². The van der Waals surface area contributed by atoms with Crippen LogP contribution in [-0.4, -0.2) is 33.7 Å². The zero-order valence-corrected chi connectivity index (χ0v) is 19.0. The lowest BCUT2D eigenvalue weighted by molar-refractivity contribution is 0.0950. The molecule has 0 aliphatic carbocycles. The van der Waals surface area contributed by atoms with Crippen LogP contribution in [0.25, 0.3) is 0 Å². The number of amides is 1. The highest BCUT2D eigenvalue weighted by Gasteiger charge is 2.20. The van der Waals surface area contributed by atoms with Crippen molar-refractivity contribution < 1.29 is 4.79 Å². The van der Waals surface area contributed by atoms with Gasteiger partial charge in [0.1, 0.15) is 5.15 Å². The molecule has 2 aromatic carbocycles. The minimum absolute atomic E-state index is 0.196. The van der Waals surface area contributed by atoms with Gasteiger partial charge in [0, 0.05) is 13.1 Å². The molecule has 5 nitrogen and oxygen atoms in total. The fraction of sp³-hybridized carbons (Fsp3) is 0.360. The van der Waals surface area contributed by atoms with Crippen LogP contribution in [0.2, 0.25) is 5.15 Å². The number of aromatic nitrogens is 2. The van der Waals surface area contributed by atoms with E-state index in [1.165, 1.54) is 37.1 Å². The van der Waals surface area contributed by atoms with Crippen LogP contribution in [0.5, 0.6) is 0 Å². The smallest absolute Gasteiger partial charge is 0.256 e. The minimum Gasteiger partial charge on any atom is -0.348 e. The molecule has 6 heteroatoms. The predicted octanol–water partition coefficient (Wildman–Crippen LogP) is 4.73. The van der Waals surface area contributed by atoms with Gasteiger partial charge >= 0.3 is 0 Å². The number of nitrogens with zero attached hydrogens (tertiary/aromatic N) is 3. The SMILES string of the molecule is Cc1ccc(Cn2nc(C)c(C(=O)NCc3ccc(CN4CCCC4)cc3)c2Cl)cc1. The Morgan fingerprint density at radius 1 is 0.935 bits per heavy atom. The molecule has 1 aliphatic heterocycles. The Labute approximate surface area is 189 Å². The van der Waals surface area contributed by atoms with E-state index in [1.54, 1.807) is 4.68 Å². The van der Waals surface area contributed by atoms with Crippen LogP contribution < -0.4 is 5.32 Å². The van der Waals surface area contributed by atoms with E-state index in [2.05, 4.69) is 70.8 Å². The Kier molecular flexibility index (Phi) is 6.73. The van der Waals surface area contributed by atoms with Crippen molar-refractivity contribution >= 4 is 17.5 Å². The van der Waals surface area contributed by atoms with Gasteiger partial charge in [0.25, 0.3) is 5.91 Å². The first-order valence-corrected chi connectivity index (χ1v) is 11.2. The number of aryl methyl sites for hydroxylation is 2. The van der Waals surface area contributed by atoms with Crippen LogP contribution in [0.1, 0.15) is 51.1 Å². The maximum Gasteiger partial charge on any atom is 0.256 e. The lowest BCUT2D eigenvalue weighted by atomic mass is 10.1. The van der Waals surface area contributed by atoms with Crippen LogP contribution in [0.15, 0.2) is 48.5 Å². The highest BCUT2D eigenvalue weighted by atomic mass is 35.5. The standard InChI is InChI=1S/C25H29ClN4O/c1-18-5-7-22(8-6-18)17-30-24(26)23(19(2)28-30)25(31)27-15-20-9-11-21(12-10-20)16-29-13-3-4-14-29/h5-12H,3-4,13-17H2,1-2H3,(H,27,31). The minimum atomic E-state index is -0.196. The van der Waals surface area contributed by atoms with Gasteiger partial charge < -0.3 is 5.32 Å².